The Morgan fingerprint density at radius 3 is 1.99 bits per heavy atom. The molecule has 8 bridgehead atoms. The van der Waals surface area contributed by atoms with Crippen LogP contribution in [0.1, 0.15) is 113 Å². The summed E-state index contributed by atoms with van der Waals surface area (Å²) in [7, 11) is 0.411. The molecule has 6 fully saturated rings. The summed E-state index contributed by atoms with van der Waals surface area (Å²) in [6.07, 6.45) is 22.8. The van der Waals surface area contributed by atoms with Crippen molar-refractivity contribution in [3.8, 4) is 11.5 Å². The predicted molar refractivity (Wildman–Crippen MR) is 282 cm³/mol. The molecule has 8 aliphatic carbocycles. The Morgan fingerprint density at radius 1 is 0.689 bits per heavy atom. The zero-order valence-corrected chi connectivity index (χ0v) is 55.6. The first kappa shape index (κ1) is 56.9. The third kappa shape index (κ3) is 7.69. The van der Waals surface area contributed by atoms with Crippen molar-refractivity contribution in [1.82, 2.24) is 14.7 Å². The minimum absolute atomic E-state index is 0. The van der Waals surface area contributed by atoms with Crippen LogP contribution in [0.15, 0.2) is 66.8 Å². The summed E-state index contributed by atoms with van der Waals surface area (Å²) in [5, 5.41) is 2.11. The van der Waals surface area contributed by atoms with Gasteiger partial charge in [0.2, 0.25) is 0 Å². The molecule has 16 heteroatoms. The fourth-order valence-electron chi connectivity index (χ4n) is 18.0. The van der Waals surface area contributed by atoms with Crippen molar-refractivity contribution in [1.29, 1.82) is 0 Å². The molecule has 16 rings (SSSR count). The molecule has 0 N–H and O–H groups in total. The molecule has 3 aromatic rings. The van der Waals surface area contributed by atoms with E-state index < -0.39 is 0 Å². The Balaban J connectivity index is 0.000000125. The van der Waals surface area contributed by atoms with E-state index in [4.69, 9.17) is 9.47 Å². The van der Waals surface area contributed by atoms with Gasteiger partial charge in [-0.15, -0.1) is 0 Å². The van der Waals surface area contributed by atoms with E-state index in [-0.39, 0.29) is 159 Å². The van der Waals surface area contributed by atoms with E-state index in [0.717, 1.165) is 112 Å². The van der Waals surface area contributed by atoms with Crippen molar-refractivity contribution in [3.05, 3.63) is 118 Å². The van der Waals surface area contributed by atoms with Crippen molar-refractivity contribution < 1.29 is 114 Å². The Bertz CT molecular complexity index is 2830. The smallest absolute Gasteiger partial charge is 0.196 e. The van der Waals surface area contributed by atoms with E-state index in [9.17, 15) is 18.3 Å². The Hall–Kier alpha value is -0.344. The van der Waals surface area contributed by atoms with Crippen LogP contribution in [0, 0.1) is 35.5 Å². The van der Waals surface area contributed by atoms with Crippen molar-refractivity contribution in [2.45, 2.75) is 151 Å². The van der Waals surface area contributed by atoms with Crippen molar-refractivity contribution >= 4 is 49.8 Å². The molecule has 0 aromatic heterocycles. The third-order valence-electron chi connectivity index (χ3n) is 20.9. The van der Waals surface area contributed by atoms with Gasteiger partial charge in [-0.1, -0.05) is 83.1 Å². The van der Waals surface area contributed by atoms with E-state index in [1.54, 1.807) is 11.8 Å². The van der Waals surface area contributed by atoms with Gasteiger partial charge in [-0.2, -0.15) is 18.3 Å². The van der Waals surface area contributed by atoms with E-state index >= 15 is 0 Å². The Kier molecular flexibility index (Phi) is 16.3. The molecule has 74 heavy (non-hydrogen) atoms. The van der Waals surface area contributed by atoms with Gasteiger partial charge in [-0.25, -0.2) is 24.3 Å². The second-order valence-corrected chi connectivity index (χ2v) is 26.2. The van der Waals surface area contributed by atoms with Gasteiger partial charge in [0, 0.05) is 109 Å². The van der Waals surface area contributed by atoms with Gasteiger partial charge in [0.15, 0.2) is 25.4 Å². The maximum Gasteiger partial charge on any atom is 0.196 e. The average molecular weight is 1390 g/mol. The Labute approximate surface area is 510 Å². The number of hydrogen-bond acceptors (Lipinski definition) is 9. The first-order valence-electron chi connectivity index (χ1n) is 26.9. The third-order valence-corrected chi connectivity index (χ3v) is 23.5. The number of benzene rings is 3. The molecule has 5 heterocycles. The van der Waals surface area contributed by atoms with Gasteiger partial charge in [0.25, 0.3) is 0 Å². The molecule has 12 atom stereocenters. The van der Waals surface area contributed by atoms with Crippen molar-refractivity contribution in [2.75, 3.05) is 39.3 Å². The van der Waals surface area contributed by atoms with E-state index in [2.05, 4.69) is 104 Å². The molecule has 3 saturated heterocycles. The summed E-state index contributed by atoms with van der Waals surface area (Å²) >= 11 is 0. The molecule has 3 saturated carbocycles. The number of hydrogen-bond donors (Lipinski definition) is 0. The normalized spacial score (nSPS) is 37.3. The topological polar surface area (TPSA) is 96.5 Å². The molecular formula is C58H66N3O6P4WY2-3. The van der Waals surface area contributed by atoms with Crippen molar-refractivity contribution in [3.63, 3.8) is 0 Å². The fourth-order valence-corrected chi connectivity index (χ4v) is 19.8. The van der Waals surface area contributed by atoms with Gasteiger partial charge in [-0.05, 0) is 164 Å². The monoisotopic (exact) mass is 1390 g/mol. The maximum absolute atomic E-state index is 12.4. The second-order valence-electron chi connectivity index (χ2n) is 23.2. The summed E-state index contributed by atoms with van der Waals surface area (Å²) in [5.74, 6) is 5.94. The number of piperidine rings is 3. The quantitative estimate of drug-likeness (QED) is 0.169. The van der Waals surface area contributed by atoms with Crippen LogP contribution in [-0.4, -0.2) is 89.5 Å². The summed E-state index contributed by atoms with van der Waals surface area (Å²) in [6, 6.07) is 16.4. The molecule has 13 aliphatic rings. The molecule has 3 aromatic carbocycles. The number of allylic oxidation sites excluding steroid dienone is 1. The zero-order chi connectivity index (χ0) is 48.8. The van der Waals surface area contributed by atoms with Crippen LogP contribution in [0.25, 0.3) is 0 Å². The van der Waals surface area contributed by atoms with Crippen LogP contribution in [-0.2, 0) is 140 Å². The summed E-state index contributed by atoms with van der Waals surface area (Å²) in [4.78, 5) is 7.92. The summed E-state index contributed by atoms with van der Waals surface area (Å²) < 4.78 is 60.3. The van der Waals surface area contributed by atoms with Crippen LogP contribution in [0.3, 0.4) is 0 Å². The molecule has 384 valence electrons. The number of ether oxygens (including phenoxy) is 2. The standard InChI is InChI=1S/C20H22NO3P2.C19H21NO2P.C19H23NOP.W.2Y/c1-2-21-10-9-20-15-12-3-4-13(25-22)16(15)24-17(20)19(26-23)7-5-18(20,6-8-19)14(21)11-12;1-3-20-9-8-19-13-6-4-11(2)18(19)22-17-15(23-21)7-5-12(16(17)19)10-14(13)20;1-3-20-9-8-19-12-13(2)4-7-16(19)18(20)10-14-5-6-15(22-21)11-17(14)19;;;/h3-4,7,14,17H,2,5-6,8-11H2,1H3;4-7,11,14,18H,3,8-10H2,1-2H3;4-7,11,13,18H,3,8-10,12H2,1-2H3;;;/q3*-1;;;/t14-,17+,18+,19+,20+;11?,14-,18+,19+;13?,18-,19+;;;/m111.../s1. The van der Waals surface area contributed by atoms with E-state index in [1.807, 2.05) is 18.2 Å². The number of likely N-dealkylation sites (tertiary alicyclic amines) is 3. The molecular weight excluding hydrogens is 1320 g/mol. The van der Waals surface area contributed by atoms with Gasteiger partial charge in [-0.3, -0.25) is 23.2 Å². The van der Waals surface area contributed by atoms with Crippen LogP contribution in [0.4, 0.5) is 0 Å². The molecule has 0 amide bonds. The maximum atomic E-state index is 12.4. The van der Waals surface area contributed by atoms with Crippen LogP contribution < -0.4 is 25.4 Å². The van der Waals surface area contributed by atoms with Gasteiger partial charge < -0.3 is 25.7 Å². The van der Waals surface area contributed by atoms with E-state index in [1.165, 1.54) is 52.8 Å². The number of likely N-dealkylation sites (N-methyl/N-ethyl adjacent to an activating group) is 3. The molecule has 5 aliphatic heterocycles. The first-order chi connectivity index (χ1) is 34.5. The second kappa shape index (κ2) is 21.2. The summed E-state index contributed by atoms with van der Waals surface area (Å²) in [6.45, 7) is 18.1. The predicted octanol–water partition coefficient (Wildman–Crippen LogP) is 10.4. The minimum atomic E-state index is -0.384. The fraction of sp³-hybridized carbons (Fsp3) is 0.569. The number of rotatable bonds is 7. The largest absolute Gasteiger partial charge is 0.490 e. The molecule has 2 unspecified atom stereocenters. The number of fused-ring (bicyclic) bond motifs is 3. The van der Waals surface area contributed by atoms with Crippen LogP contribution in [0.2, 0.25) is 0 Å². The van der Waals surface area contributed by atoms with Gasteiger partial charge >= 0.3 is 0 Å². The average Bonchev–Trinajstić information content (AvgIpc) is 3.95. The molecule has 2 radical (unpaired) electrons. The number of nitrogens with zero attached hydrogens (tertiary/aromatic N) is 3. The van der Waals surface area contributed by atoms with Crippen molar-refractivity contribution in [2.24, 2.45) is 17.3 Å². The summed E-state index contributed by atoms with van der Waals surface area (Å²) in [5.41, 5.74) is 8.74. The zero-order valence-electron chi connectivity index (χ0n) is 43.4. The van der Waals surface area contributed by atoms with Crippen LogP contribution >= 0.6 is 33.8 Å². The van der Waals surface area contributed by atoms with Gasteiger partial charge in [0.1, 0.15) is 20.0 Å². The molecule has 9 nitrogen and oxygen atoms in total. The molecule has 3 spiro atoms. The van der Waals surface area contributed by atoms with Crippen LogP contribution in [0.5, 0.6) is 11.5 Å². The minimum Gasteiger partial charge on any atom is -0.490 e. The van der Waals surface area contributed by atoms with E-state index in [0.29, 0.717) is 30.0 Å². The SMILES string of the molecule is CCN1CC[C@]23CC(C)C=C[C-]2[C@H]1Cc1ccc(P=O)cc13.CCN1CC[C@]23c4c5ccc(P=O)c4O[C@H]2C(C)C=C[C-]3[C@H]1C5.CCN1CC[C@]23c4c5ccc(P=O)c4O[C@H]2[C@]2(P=O)[CH-]C[C@]3(CC2)[C@H]1C5.[W].[Y].[Y]. The Morgan fingerprint density at radius 2 is 1.32 bits per heavy atom. The van der Waals surface area contributed by atoms with Gasteiger partial charge in [0.05, 0.1) is 22.8 Å². The first-order valence-corrected chi connectivity index (χ1v) is 30.1.